The molecular weight excluding hydrogens is 258 g/mol. The van der Waals surface area contributed by atoms with Crippen molar-refractivity contribution in [2.75, 3.05) is 13.1 Å². The van der Waals surface area contributed by atoms with Crippen molar-refractivity contribution in [3.63, 3.8) is 0 Å². The van der Waals surface area contributed by atoms with Gasteiger partial charge in [-0.15, -0.1) is 0 Å². The number of hydrogen-bond donors (Lipinski definition) is 1. The molecule has 1 N–H and O–H groups in total. The van der Waals surface area contributed by atoms with E-state index in [1.807, 2.05) is 0 Å². The van der Waals surface area contributed by atoms with Crippen LogP contribution in [0, 0.1) is 5.92 Å². The molecule has 1 aromatic carbocycles. The number of nitrogens with one attached hydrogen (secondary N) is 1. The van der Waals surface area contributed by atoms with E-state index in [1.165, 1.54) is 37.7 Å². The van der Waals surface area contributed by atoms with Crippen LogP contribution in [0.5, 0.6) is 0 Å². The van der Waals surface area contributed by atoms with E-state index in [2.05, 4.69) is 42.6 Å². The van der Waals surface area contributed by atoms with Crippen molar-refractivity contribution in [3.05, 3.63) is 35.9 Å². The summed E-state index contributed by atoms with van der Waals surface area (Å²) in [7, 11) is 0. The SMILES string of the molecule is CC1(CCc2ccccc2)CNCC(CC2CCCC2)O1. The van der Waals surface area contributed by atoms with E-state index in [1.54, 1.807) is 0 Å². The maximum absolute atomic E-state index is 6.50. The van der Waals surface area contributed by atoms with Crippen molar-refractivity contribution >= 4 is 0 Å². The van der Waals surface area contributed by atoms with E-state index in [4.69, 9.17) is 4.74 Å². The smallest absolute Gasteiger partial charge is 0.0785 e. The first-order chi connectivity index (χ1) is 10.2. The second-order valence-electron chi connectivity index (χ2n) is 7.19. The van der Waals surface area contributed by atoms with Crippen LogP contribution in [0.25, 0.3) is 0 Å². The molecule has 116 valence electrons. The van der Waals surface area contributed by atoms with Crippen molar-refractivity contribution in [2.45, 2.75) is 63.6 Å². The average Bonchev–Trinajstić information content (AvgIpc) is 2.99. The Bertz CT molecular complexity index is 426. The van der Waals surface area contributed by atoms with Crippen molar-refractivity contribution < 1.29 is 4.74 Å². The maximum Gasteiger partial charge on any atom is 0.0785 e. The third kappa shape index (κ3) is 4.31. The highest BCUT2D eigenvalue weighted by molar-refractivity contribution is 5.15. The van der Waals surface area contributed by atoms with Crippen LogP contribution in [0.15, 0.2) is 30.3 Å². The molecule has 2 fully saturated rings. The third-order valence-corrected chi connectivity index (χ3v) is 5.18. The zero-order valence-electron chi connectivity index (χ0n) is 13.3. The van der Waals surface area contributed by atoms with Crippen LogP contribution < -0.4 is 5.32 Å². The van der Waals surface area contributed by atoms with Gasteiger partial charge in [-0.2, -0.15) is 0 Å². The van der Waals surface area contributed by atoms with E-state index < -0.39 is 0 Å². The van der Waals surface area contributed by atoms with E-state index in [-0.39, 0.29) is 5.60 Å². The molecule has 1 heterocycles. The van der Waals surface area contributed by atoms with Crippen LogP contribution in [0.1, 0.15) is 51.0 Å². The fourth-order valence-corrected chi connectivity index (χ4v) is 3.93. The van der Waals surface area contributed by atoms with E-state index in [0.717, 1.165) is 31.8 Å². The van der Waals surface area contributed by atoms with E-state index in [0.29, 0.717) is 6.10 Å². The van der Waals surface area contributed by atoms with Crippen molar-refractivity contribution in [3.8, 4) is 0 Å². The average molecular weight is 287 g/mol. The minimum atomic E-state index is -0.00262. The van der Waals surface area contributed by atoms with Gasteiger partial charge in [0, 0.05) is 13.1 Å². The Balaban J connectivity index is 1.51. The lowest BCUT2D eigenvalue weighted by molar-refractivity contribution is -0.115. The molecular formula is C19H29NO. The molecule has 3 rings (SSSR count). The summed E-state index contributed by atoms with van der Waals surface area (Å²) in [5.41, 5.74) is 1.41. The second kappa shape index (κ2) is 6.93. The molecule has 0 amide bonds. The predicted molar refractivity (Wildman–Crippen MR) is 87.5 cm³/mol. The van der Waals surface area contributed by atoms with Gasteiger partial charge < -0.3 is 10.1 Å². The highest BCUT2D eigenvalue weighted by Gasteiger charge is 2.33. The van der Waals surface area contributed by atoms with Crippen LogP contribution in [0.3, 0.4) is 0 Å². The molecule has 0 aromatic heterocycles. The molecule has 1 saturated heterocycles. The zero-order chi connectivity index (χ0) is 14.5. The molecule has 2 aliphatic rings. The standard InChI is InChI=1S/C19H29NO/c1-19(12-11-16-7-3-2-4-8-16)15-20-14-18(21-19)13-17-9-5-6-10-17/h2-4,7-8,17-18,20H,5-6,9-15H2,1H3. The lowest BCUT2D eigenvalue weighted by atomic mass is 9.92. The van der Waals surface area contributed by atoms with Gasteiger partial charge in [0.05, 0.1) is 11.7 Å². The summed E-state index contributed by atoms with van der Waals surface area (Å²) in [5.74, 6) is 0.910. The van der Waals surface area contributed by atoms with Gasteiger partial charge >= 0.3 is 0 Å². The number of morpholine rings is 1. The molecule has 1 aromatic rings. The molecule has 2 unspecified atom stereocenters. The second-order valence-corrected chi connectivity index (χ2v) is 7.19. The van der Waals surface area contributed by atoms with Crippen molar-refractivity contribution in [2.24, 2.45) is 5.92 Å². The topological polar surface area (TPSA) is 21.3 Å². The van der Waals surface area contributed by atoms with Gasteiger partial charge in [0.15, 0.2) is 0 Å². The highest BCUT2D eigenvalue weighted by Crippen LogP contribution is 2.32. The molecule has 0 spiro atoms. The summed E-state index contributed by atoms with van der Waals surface area (Å²) >= 11 is 0. The van der Waals surface area contributed by atoms with Crippen LogP contribution in [-0.4, -0.2) is 24.8 Å². The number of benzene rings is 1. The summed E-state index contributed by atoms with van der Waals surface area (Å²) in [6, 6.07) is 10.8. The molecule has 2 heteroatoms. The minimum absolute atomic E-state index is 0.00262. The van der Waals surface area contributed by atoms with Gasteiger partial charge in [-0.3, -0.25) is 0 Å². The molecule has 2 nitrogen and oxygen atoms in total. The summed E-state index contributed by atoms with van der Waals surface area (Å²) in [5, 5.41) is 3.61. The molecule has 0 radical (unpaired) electrons. The Hall–Kier alpha value is -0.860. The normalized spacial score (nSPS) is 30.6. The fourth-order valence-electron chi connectivity index (χ4n) is 3.93. The van der Waals surface area contributed by atoms with E-state index >= 15 is 0 Å². The Morgan fingerprint density at radius 3 is 2.71 bits per heavy atom. The van der Waals surface area contributed by atoms with Gasteiger partial charge in [-0.05, 0) is 37.7 Å². The number of aryl methyl sites for hydroxylation is 1. The van der Waals surface area contributed by atoms with Gasteiger partial charge in [-0.1, -0.05) is 56.0 Å². The first-order valence-electron chi connectivity index (χ1n) is 8.66. The monoisotopic (exact) mass is 287 g/mol. The largest absolute Gasteiger partial charge is 0.369 e. The molecule has 1 aliphatic carbocycles. The zero-order valence-corrected chi connectivity index (χ0v) is 13.3. The van der Waals surface area contributed by atoms with Crippen LogP contribution in [-0.2, 0) is 11.2 Å². The van der Waals surface area contributed by atoms with Crippen molar-refractivity contribution in [1.82, 2.24) is 5.32 Å². The molecule has 0 bridgehead atoms. The van der Waals surface area contributed by atoms with Gasteiger partial charge in [0.25, 0.3) is 0 Å². The minimum Gasteiger partial charge on any atom is -0.369 e. The summed E-state index contributed by atoms with van der Waals surface area (Å²) < 4.78 is 6.50. The Labute approximate surface area is 129 Å². The quantitative estimate of drug-likeness (QED) is 0.885. The summed E-state index contributed by atoms with van der Waals surface area (Å²) in [6.07, 6.45) is 9.57. The first kappa shape index (κ1) is 15.1. The molecule has 2 atom stereocenters. The fraction of sp³-hybridized carbons (Fsp3) is 0.684. The van der Waals surface area contributed by atoms with Gasteiger partial charge in [-0.25, -0.2) is 0 Å². The lowest BCUT2D eigenvalue weighted by Crippen LogP contribution is -2.52. The van der Waals surface area contributed by atoms with E-state index in [9.17, 15) is 0 Å². The van der Waals surface area contributed by atoms with Crippen LogP contribution in [0.2, 0.25) is 0 Å². The summed E-state index contributed by atoms with van der Waals surface area (Å²) in [4.78, 5) is 0. The number of ether oxygens (including phenoxy) is 1. The lowest BCUT2D eigenvalue weighted by Gasteiger charge is -2.40. The van der Waals surface area contributed by atoms with Gasteiger partial charge in [0.1, 0.15) is 0 Å². The van der Waals surface area contributed by atoms with Gasteiger partial charge in [0.2, 0.25) is 0 Å². The molecule has 1 saturated carbocycles. The summed E-state index contributed by atoms with van der Waals surface area (Å²) in [6.45, 7) is 4.31. The Kier molecular flexibility index (Phi) is 4.97. The predicted octanol–water partition coefficient (Wildman–Crippen LogP) is 3.95. The van der Waals surface area contributed by atoms with Crippen LogP contribution >= 0.6 is 0 Å². The highest BCUT2D eigenvalue weighted by atomic mass is 16.5. The molecule has 21 heavy (non-hydrogen) atoms. The Morgan fingerprint density at radius 2 is 1.95 bits per heavy atom. The Morgan fingerprint density at radius 1 is 1.19 bits per heavy atom. The van der Waals surface area contributed by atoms with Crippen LogP contribution in [0.4, 0.5) is 0 Å². The molecule has 1 aliphatic heterocycles. The maximum atomic E-state index is 6.50. The number of hydrogen-bond acceptors (Lipinski definition) is 2. The number of rotatable bonds is 5. The van der Waals surface area contributed by atoms with Crippen molar-refractivity contribution in [1.29, 1.82) is 0 Å². The first-order valence-corrected chi connectivity index (χ1v) is 8.66. The third-order valence-electron chi connectivity index (χ3n) is 5.18.